The predicted molar refractivity (Wildman–Crippen MR) is 73.8 cm³/mol. The van der Waals surface area contributed by atoms with E-state index < -0.39 is 6.10 Å². The first-order valence-electron chi connectivity index (χ1n) is 5.92. The van der Waals surface area contributed by atoms with Gasteiger partial charge in [0.25, 0.3) is 0 Å². The lowest BCUT2D eigenvalue weighted by atomic mass is 10.0. The third-order valence-corrected chi connectivity index (χ3v) is 3.00. The number of hydrogen-bond acceptors (Lipinski definition) is 4. The molecule has 0 fully saturated rings. The predicted octanol–water partition coefficient (Wildman–Crippen LogP) is 1.66. The Morgan fingerprint density at radius 2 is 2.22 bits per heavy atom. The van der Waals surface area contributed by atoms with Gasteiger partial charge in [-0.05, 0) is 5.56 Å². The molecule has 1 aromatic rings. The highest BCUT2D eigenvalue weighted by Gasteiger charge is 2.18. The quantitative estimate of drug-likeness (QED) is 0.792. The summed E-state index contributed by atoms with van der Waals surface area (Å²) in [7, 11) is 0. The SMILES string of the molecule is C=CC(O)c1ccccc1C1=NCC(C)C(N)=N1. The van der Waals surface area contributed by atoms with Gasteiger partial charge in [-0.15, -0.1) is 6.58 Å². The van der Waals surface area contributed by atoms with Crippen LogP contribution in [0.3, 0.4) is 0 Å². The van der Waals surface area contributed by atoms with Crippen molar-refractivity contribution in [1.29, 1.82) is 0 Å². The highest BCUT2D eigenvalue weighted by Crippen LogP contribution is 2.21. The van der Waals surface area contributed by atoms with E-state index in [2.05, 4.69) is 16.6 Å². The molecule has 2 rings (SSSR count). The Morgan fingerprint density at radius 3 is 2.89 bits per heavy atom. The number of benzene rings is 1. The monoisotopic (exact) mass is 243 g/mol. The maximum absolute atomic E-state index is 9.91. The Balaban J connectivity index is 2.44. The molecule has 0 radical (unpaired) electrons. The molecule has 4 heteroatoms. The zero-order chi connectivity index (χ0) is 13.1. The van der Waals surface area contributed by atoms with E-state index in [1.807, 2.05) is 31.2 Å². The fourth-order valence-corrected chi connectivity index (χ4v) is 1.82. The Kier molecular flexibility index (Phi) is 3.58. The van der Waals surface area contributed by atoms with Crippen LogP contribution in [-0.4, -0.2) is 23.3 Å². The lowest BCUT2D eigenvalue weighted by molar-refractivity contribution is 0.229. The maximum atomic E-state index is 9.91. The molecule has 0 saturated heterocycles. The van der Waals surface area contributed by atoms with Gasteiger partial charge < -0.3 is 10.8 Å². The van der Waals surface area contributed by atoms with Gasteiger partial charge in [-0.25, -0.2) is 4.99 Å². The molecular weight excluding hydrogens is 226 g/mol. The molecule has 0 spiro atoms. The van der Waals surface area contributed by atoms with Crippen molar-refractivity contribution < 1.29 is 5.11 Å². The van der Waals surface area contributed by atoms with Crippen LogP contribution in [-0.2, 0) is 0 Å². The van der Waals surface area contributed by atoms with Crippen LogP contribution in [0.4, 0.5) is 0 Å². The fraction of sp³-hybridized carbons (Fsp3) is 0.286. The normalized spacial score (nSPS) is 20.9. The smallest absolute Gasteiger partial charge is 0.157 e. The standard InChI is InChI=1S/C14H17N3O/c1-3-12(18)10-6-4-5-7-11(10)14-16-8-9(2)13(15)17-14/h3-7,9,12,18H,1,8H2,2H3,(H2,15,16,17). The number of rotatable bonds is 3. The number of nitrogens with zero attached hydrogens (tertiary/aromatic N) is 2. The molecule has 0 aromatic heterocycles. The molecule has 0 saturated carbocycles. The average Bonchev–Trinajstić information content (AvgIpc) is 2.41. The fourth-order valence-electron chi connectivity index (χ4n) is 1.82. The van der Waals surface area contributed by atoms with Crippen LogP contribution < -0.4 is 5.73 Å². The van der Waals surface area contributed by atoms with E-state index in [1.54, 1.807) is 0 Å². The molecular formula is C14H17N3O. The van der Waals surface area contributed by atoms with E-state index in [9.17, 15) is 5.11 Å². The highest BCUT2D eigenvalue weighted by atomic mass is 16.3. The van der Waals surface area contributed by atoms with Crippen LogP contribution in [0.2, 0.25) is 0 Å². The molecule has 2 atom stereocenters. The van der Waals surface area contributed by atoms with Gasteiger partial charge in [-0.1, -0.05) is 37.3 Å². The Hall–Kier alpha value is -1.94. The minimum Gasteiger partial charge on any atom is -0.387 e. The van der Waals surface area contributed by atoms with Gasteiger partial charge in [-0.2, -0.15) is 0 Å². The summed E-state index contributed by atoms with van der Waals surface area (Å²) in [6.45, 7) is 6.22. The van der Waals surface area contributed by atoms with E-state index in [0.29, 0.717) is 18.2 Å². The van der Waals surface area contributed by atoms with Crippen LogP contribution in [0.15, 0.2) is 46.9 Å². The van der Waals surface area contributed by atoms with Crippen LogP contribution in [0.25, 0.3) is 0 Å². The van der Waals surface area contributed by atoms with Crippen molar-refractivity contribution in [3.05, 3.63) is 48.0 Å². The van der Waals surface area contributed by atoms with Crippen molar-refractivity contribution in [2.75, 3.05) is 6.54 Å². The lowest BCUT2D eigenvalue weighted by Gasteiger charge is -2.18. The summed E-state index contributed by atoms with van der Waals surface area (Å²) < 4.78 is 0. The van der Waals surface area contributed by atoms with Gasteiger partial charge in [-0.3, -0.25) is 4.99 Å². The summed E-state index contributed by atoms with van der Waals surface area (Å²) in [6, 6.07) is 7.48. The van der Waals surface area contributed by atoms with Crippen molar-refractivity contribution in [2.24, 2.45) is 21.6 Å². The largest absolute Gasteiger partial charge is 0.387 e. The molecule has 0 bridgehead atoms. The summed E-state index contributed by atoms with van der Waals surface area (Å²) in [5.74, 6) is 1.34. The van der Waals surface area contributed by atoms with E-state index >= 15 is 0 Å². The highest BCUT2D eigenvalue weighted by molar-refractivity contribution is 6.08. The molecule has 3 N–H and O–H groups in total. The molecule has 1 aliphatic heterocycles. The topological polar surface area (TPSA) is 71.0 Å². The molecule has 0 aliphatic carbocycles. The molecule has 4 nitrogen and oxygen atoms in total. The zero-order valence-electron chi connectivity index (χ0n) is 10.4. The van der Waals surface area contributed by atoms with E-state index in [4.69, 9.17) is 5.73 Å². The first-order chi connectivity index (χ1) is 8.63. The summed E-state index contributed by atoms with van der Waals surface area (Å²) in [4.78, 5) is 8.72. The van der Waals surface area contributed by atoms with Crippen LogP contribution in [0.5, 0.6) is 0 Å². The average molecular weight is 243 g/mol. The minimum atomic E-state index is -0.723. The van der Waals surface area contributed by atoms with Crippen LogP contribution in [0.1, 0.15) is 24.2 Å². The molecule has 1 aromatic carbocycles. The molecule has 2 unspecified atom stereocenters. The lowest BCUT2D eigenvalue weighted by Crippen LogP contribution is -2.29. The van der Waals surface area contributed by atoms with Crippen molar-refractivity contribution in [3.63, 3.8) is 0 Å². The van der Waals surface area contributed by atoms with Crippen molar-refractivity contribution in [1.82, 2.24) is 0 Å². The van der Waals surface area contributed by atoms with Gasteiger partial charge in [0.05, 0.1) is 12.6 Å². The number of aliphatic hydroxyl groups is 1. The van der Waals surface area contributed by atoms with E-state index in [0.717, 1.165) is 11.1 Å². The van der Waals surface area contributed by atoms with Gasteiger partial charge in [0, 0.05) is 11.5 Å². The second-order valence-electron chi connectivity index (χ2n) is 4.37. The Morgan fingerprint density at radius 1 is 1.50 bits per heavy atom. The summed E-state index contributed by atoms with van der Waals surface area (Å²) in [5, 5.41) is 9.91. The molecule has 94 valence electrons. The van der Waals surface area contributed by atoms with Gasteiger partial charge in [0.1, 0.15) is 5.84 Å². The van der Waals surface area contributed by atoms with Crippen molar-refractivity contribution in [2.45, 2.75) is 13.0 Å². The second kappa shape index (κ2) is 5.14. The van der Waals surface area contributed by atoms with E-state index in [-0.39, 0.29) is 5.92 Å². The number of aliphatic hydroxyl groups excluding tert-OH is 1. The zero-order valence-corrected chi connectivity index (χ0v) is 10.4. The summed E-state index contributed by atoms with van der Waals surface area (Å²) in [6.07, 6.45) is 0.762. The number of amidine groups is 2. The first-order valence-corrected chi connectivity index (χ1v) is 5.92. The summed E-state index contributed by atoms with van der Waals surface area (Å²) in [5.41, 5.74) is 7.40. The molecule has 0 amide bonds. The van der Waals surface area contributed by atoms with Crippen LogP contribution >= 0.6 is 0 Å². The third-order valence-electron chi connectivity index (χ3n) is 3.00. The number of nitrogens with two attached hydrogens (primary N) is 1. The Bertz CT molecular complexity index is 520. The van der Waals surface area contributed by atoms with Crippen molar-refractivity contribution in [3.8, 4) is 0 Å². The summed E-state index contributed by atoms with van der Waals surface area (Å²) >= 11 is 0. The third kappa shape index (κ3) is 2.33. The second-order valence-corrected chi connectivity index (χ2v) is 4.37. The van der Waals surface area contributed by atoms with Crippen molar-refractivity contribution >= 4 is 11.7 Å². The minimum absolute atomic E-state index is 0.172. The van der Waals surface area contributed by atoms with Gasteiger partial charge in [0.2, 0.25) is 0 Å². The van der Waals surface area contributed by atoms with Gasteiger partial charge in [0.15, 0.2) is 5.84 Å². The number of aliphatic imine (C=N–C) groups is 2. The number of hydrogen-bond donors (Lipinski definition) is 2. The first kappa shape index (κ1) is 12.5. The Labute approximate surface area is 107 Å². The molecule has 1 aliphatic rings. The van der Waals surface area contributed by atoms with Crippen LogP contribution in [0, 0.1) is 5.92 Å². The molecule has 18 heavy (non-hydrogen) atoms. The maximum Gasteiger partial charge on any atom is 0.157 e. The van der Waals surface area contributed by atoms with E-state index in [1.165, 1.54) is 6.08 Å². The van der Waals surface area contributed by atoms with Gasteiger partial charge >= 0.3 is 0 Å². The molecule has 1 heterocycles.